The SMILES string of the molecule is CCc1cccc(C)c1NC(=O)C(Sc1ccc(NC(=O)Nc2ccccc2)cc1)c1ccccc1. The van der Waals surface area contributed by atoms with Gasteiger partial charge in [0.1, 0.15) is 5.25 Å². The van der Waals surface area contributed by atoms with E-state index in [1.54, 1.807) is 0 Å². The number of para-hydroxylation sites is 2. The Kier molecular flexibility index (Phi) is 8.42. The zero-order valence-corrected chi connectivity index (χ0v) is 21.1. The zero-order chi connectivity index (χ0) is 25.3. The maximum absolute atomic E-state index is 13.5. The van der Waals surface area contributed by atoms with Crippen molar-refractivity contribution in [2.24, 2.45) is 0 Å². The molecule has 4 aromatic rings. The van der Waals surface area contributed by atoms with Gasteiger partial charge < -0.3 is 16.0 Å². The van der Waals surface area contributed by atoms with Crippen LogP contribution < -0.4 is 16.0 Å². The predicted octanol–water partition coefficient (Wildman–Crippen LogP) is 7.67. The lowest BCUT2D eigenvalue weighted by atomic mass is 10.1. The lowest BCUT2D eigenvalue weighted by Gasteiger charge is -2.20. The molecule has 5 nitrogen and oxygen atoms in total. The van der Waals surface area contributed by atoms with Crippen LogP contribution >= 0.6 is 11.8 Å². The number of aryl methyl sites for hydroxylation is 2. The van der Waals surface area contributed by atoms with Crippen LogP contribution in [0.25, 0.3) is 0 Å². The van der Waals surface area contributed by atoms with Gasteiger partial charge in [-0.25, -0.2) is 4.79 Å². The number of carbonyl (C=O) groups is 2. The Hall–Kier alpha value is -4.03. The van der Waals surface area contributed by atoms with Gasteiger partial charge in [-0.1, -0.05) is 73.7 Å². The Labute approximate surface area is 216 Å². The Morgan fingerprint density at radius 3 is 1.97 bits per heavy atom. The van der Waals surface area contributed by atoms with E-state index in [0.717, 1.165) is 39.4 Å². The topological polar surface area (TPSA) is 70.2 Å². The second-order valence-electron chi connectivity index (χ2n) is 8.33. The van der Waals surface area contributed by atoms with Crippen molar-refractivity contribution in [2.45, 2.75) is 30.4 Å². The minimum absolute atomic E-state index is 0.0698. The monoisotopic (exact) mass is 495 g/mol. The molecule has 0 saturated carbocycles. The van der Waals surface area contributed by atoms with E-state index in [1.807, 2.05) is 110 Å². The fourth-order valence-electron chi connectivity index (χ4n) is 3.86. The first-order valence-corrected chi connectivity index (χ1v) is 12.8. The average molecular weight is 496 g/mol. The van der Waals surface area contributed by atoms with Crippen LogP contribution in [0.5, 0.6) is 0 Å². The molecule has 0 aromatic heterocycles. The summed E-state index contributed by atoms with van der Waals surface area (Å²) in [4.78, 5) is 26.7. The van der Waals surface area contributed by atoms with Crippen molar-refractivity contribution in [3.63, 3.8) is 0 Å². The third-order valence-electron chi connectivity index (χ3n) is 5.73. The largest absolute Gasteiger partial charge is 0.324 e. The normalized spacial score (nSPS) is 11.4. The molecule has 0 aliphatic heterocycles. The van der Waals surface area contributed by atoms with Crippen LogP contribution in [0.4, 0.5) is 21.9 Å². The van der Waals surface area contributed by atoms with Gasteiger partial charge in [0.2, 0.25) is 5.91 Å². The molecule has 0 spiro atoms. The van der Waals surface area contributed by atoms with Gasteiger partial charge in [-0.3, -0.25) is 4.79 Å². The molecule has 0 bridgehead atoms. The summed E-state index contributed by atoms with van der Waals surface area (Å²) in [6.45, 7) is 4.10. The highest BCUT2D eigenvalue weighted by Crippen LogP contribution is 2.37. The summed E-state index contributed by atoms with van der Waals surface area (Å²) < 4.78 is 0. The highest BCUT2D eigenvalue weighted by atomic mass is 32.2. The summed E-state index contributed by atoms with van der Waals surface area (Å²) in [5.74, 6) is -0.0698. The van der Waals surface area contributed by atoms with Gasteiger partial charge in [0.15, 0.2) is 0 Å². The van der Waals surface area contributed by atoms with Crippen LogP contribution in [-0.2, 0) is 11.2 Å². The minimum atomic E-state index is -0.435. The fraction of sp³-hybridized carbons (Fsp3) is 0.133. The number of thioether (sulfide) groups is 1. The number of rotatable bonds is 8. The van der Waals surface area contributed by atoms with Gasteiger partial charge in [-0.2, -0.15) is 0 Å². The van der Waals surface area contributed by atoms with Crippen molar-refractivity contribution in [2.75, 3.05) is 16.0 Å². The number of amides is 3. The van der Waals surface area contributed by atoms with Crippen molar-refractivity contribution in [3.05, 3.63) is 120 Å². The third kappa shape index (κ3) is 6.55. The number of hydrogen-bond donors (Lipinski definition) is 3. The molecule has 182 valence electrons. The molecule has 1 atom stereocenters. The number of urea groups is 1. The van der Waals surface area contributed by atoms with Gasteiger partial charge in [0, 0.05) is 22.0 Å². The first-order valence-electron chi connectivity index (χ1n) is 11.9. The summed E-state index contributed by atoms with van der Waals surface area (Å²) in [5.41, 5.74) is 5.36. The van der Waals surface area contributed by atoms with Crippen molar-refractivity contribution < 1.29 is 9.59 Å². The Morgan fingerprint density at radius 2 is 1.33 bits per heavy atom. The summed E-state index contributed by atoms with van der Waals surface area (Å²) in [6, 6.07) is 32.3. The highest BCUT2D eigenvalue weighted by molar-refractivity contribution is 8.00. The van der Waals surface area contributed by atoms with Crippen LogP contribution in [0, 0.1) is 6.92 Å². The second-order valence-corrected chi connectivity index (χ2v) is 9.51. The number of anilines is 3. The molecule has 0 saturated heterocycles. The zero-order valence-electron chi connectivity index (χ0n) is 20.3. The molecular weight excluding hydrogens is 466 g/mol. The predicted molar refractivity (Wildman–Crippen MR) is 150 cm³/mol. The van der Waals surface area contributed by atoms with Crippen LogP contribution in [-0.4, -0.2) is 11.9 Å². The Balaban J connectivity index is 1.48. The number of nitrogens with one attached hydrogen (secondary N) is 3. The van der Waals surface area contributed by atoms with Crippen LogP contribution in [0.15, 0.2) is 108 Å². The molecule has 4 rings (SSSR count). The second kappa shape index (κ2) is 12.1. The molecule has 3 N–H and O–H groups in total. The molecular formula is C30H29N3O2S. The first kappa shape index (κ1) is 25.1. The number of benzene rings is 4. The lowest BCUT2D eigenvalue weighted by molar-refractivity contribution is -0.115. The fourth-order valence-corrected chi connectivity index (χ4v) is 4.88. The van der Waals surface area contributed by atoms with Gasteiger partial charge in [-0.15, -0.1) is 11.8 Å². The van der Waals surface area contributed by atoms with E-state index in [0.29, 0.717) is 5.69 Å². The van der Waals surface area contributed by atoms with Crippen molar-refractivity contribution >= 4 is 40.8 Å². The van der Waals surface area contributed by atoms with Crippen LogP contribution in [0.2, 0.25) is 0 Å². The number of carbonyl (C=O) groups excluding carboxylic acids is 2. The molecule has 0 aliphatic rings. The van der Waals surface area contributed by atoms with Crippen LogP contribution in [0.3, 0.4) is 0 Å². The Bertz CT molecular complexity index is 1310. The standard InChI is InChI=1S/C30H29N3O2S/c1-3-22-14-10-11-21(2)27(22)33-29(34)28(23-12-6-4-7-13-23)36-26-19-17-25(18-20-26)32-30(35)31-24-15-8-5-9-16-24/h4-20,28H,3H2,1-2H3,(H,33,34)(H2,31,32,35). The van der Waals surface area contributed by atoms with Gasteiger partial charge in [-0.05, 0) is 66.4 Å². The van der Waals surface area contributed by atoms with E-state index in [9.17, 15) is 9.59 Å². The van der Waals surface area contributed by atoms with Crippen molar-refractivity contribution in [1.29, 1.82) is 0 Å². The van der Waals surface area contributed by atoms with Crippen molar-refractivity contribution in [1.82, 2.24) is 0 Å². The summed E-state index contributed by atoms with van der Waals surface area (Å²) in [5, 5.41) is 8.39. The smallest absolute Gasteiger partial charge is 0.323 e. The highest BCUT2D eigenvalue weighted by Gasteiger charge is 2.23. The van der Waals surface area contributed by atoms with E-state index < -0.39 is 5.25 Å². The first-order chi connectivity index (χ1) is 17.5. The number of hydrogen-bond acceptors (Lipinski definition) is 3. The lowest BCUT2D eigenvalue weighted by Crippen LogP contribution is -2.20. The van der Waals surface area contributed by atoms with Gasteiger partial charge >= 0.3 is 6.03 Å². The maximum Gasteiger partial charge on any atom is 0.323 e. The van der Waals surface area contributed by atoms with E-state index in [1.165, 1.54) is 11.8 Å². The molecule has 0 heterocycles. The molecule has 4 aromatic carbocycles. The third-order valence-corrected chi connectivity index (χ3v) is 6.99. The van der Waals surface area contributed by atoms with Gasteiger partial charge in [0.05, 0.1) is 0 Å². The van der Waals surface area contributed by atoms with E-state index in [-0.39, 0.29) is 11.9 Å². The quantitative estimate of drug-likeness (QED) is 0.220. The van der Waals surface area contributed by atoms with Crippen molar-refractivity contribution in [3.8, 4) is 0 Å². The average Bonchev–Trinajstić information content (AvgIpc) is 2.90. The van der Waals surface area contributed by atoms with Crippen LogP contribution in [0.1, 0.15) is 28.9 Å². The van der Waals surface area contributed by atoms with E-state index in [4.69, 9.17) is 0 Å². The molecule has 0 fully saturated rings. The molecule has 6 heteroatoms. The summed E-state index contributed by atoms with van der Waals surface area (Å²) in [6.07, 6.45) is 0.840. The summed E-state index contributed by atoms with van der Waals surface area (Å²) >= 11 is 1.48. The molecule has 36 heavy (non-hydrogen) atoms. The maximum atomic E-state index is 13.5. The molecule has 3 amide bonds. The Morgan fingerprint density at radius 1 is 0.722 bits per heavy atom. The minimum Gasteiger partial charge on any atom is -0.324 e. The summed E-state index contributed by atoms with van der Waals surface area (Å²) in [7, 11) is 0. The molecule has 0 aliphatic carbocycles. The molecule has 0 radical (unpaired) electrons. The van der Waals surface area contributed by atoms with Gasteiger partial charge in [0.25, 0.3) is 0 Å². The molecule has 1 unspecified atom stereocenters. The van der Waals surface area contributed by atoms with E-state index >= 15 is 0 Å². The van der Waals surface area contributed by atoms with E-state index in [2.05, 4.69) is 22.9 Å².